The molecule has 7 nitrogen and oxygen atoms in total. The molecule has 2 aliphatic rings. The maximum atomic E-state index is 12.5. The van der Waals surface area contributed by atoms with Crippen molar-refractivity contribution in [3.63, 3.8) is 0 Å². The van der Waals surface area contributed by atoms with Gasteiger partial charge in [0.15, 0.2) is 0 Å². The number of amides is 3. The number of carboxylic acid groups (broad SMARTS) is 1. The van der Waals surface area contributed by atoms with Crippen LogP contribution >= 0.6 is 11.6 Å². The van der Waals surface area contributed by atoms with Crippen LogP contribution in [0.3, 0.4) is 0 Å². The number of nitrogens with one attached hydrogen (secondary N) is 1. The van der Waals surface area contributed by atoms with E-state index in [0.29, 0.717) is 42.3 Å². The van der Waals surface area contributed by atoms with Gasteiger partial charge in [-0.15, -0.1) is 0 Å². The van der Waals surface area contributed by atoms with Gasteiger partial charge in [0.2, 0.25) is 5.91 Å². The Morgan fingerprint density at radius 2 is 2.08 bits per heavy atom. The highest BCUT2D eigenvalue weighted by molar-refractivity contribution is 6.33. The van der Waals surface area contributed by atoms with Crippen molar-refractivity contribution in [3.8, 4) is 0 Å². The number of nitrogens with zero attached hydrogens (tertiary/aromatic N) is 2. The van der Waals surface area contributed by atoms with Crippen molar-refractivity contribution in [2.24, 2.45) is 5.41 Å². The molecule has 0 saturated carbocycles. The lowest BCUT2D eigenvalue weighted by Gasteiger charge is -2.22. The van der Waals surface area contributed by atoms with Gasteiger partial charge in [-0.25, -0.2) is 4.79 Å². The lowest BCUT2D eigenvalue weighted by Crippen LogP contribution is -2.37. The predicted octanol–water partition coefficient (Wildman–Crippen LogP) is 2.80. The number of urea groups is 1. The van der Waals surface area contributed by atoms with E-state index < -0.39 is 17.4 Å². The number of likely N-dealkylation sites (tertiary alicyclic amines) is 1. The smallest absolute Gasteiger partial charge is 0.321 e. The first-order valence-corrected chi connectivity index (χ1v) is 8.57. The van der Waals surface area contributed by atoms with Gasteiger partial charge in [0.05, 0.1) is 16.1 Å². The van der Waals surface area contributed by atoms with Gasteiger partial charge >= 0.3 is 12.0 Å². The van der Waals surface area contributed by atoms with E-state index in [2.05, 4.69) is 5.32 Å². The predicted molar refractivity (Wildman–Crippen MR) is 94.0 cm³/mol. The molecule has 1 aromatic carbocycles. The summed E-state index contributed by atoms with van der Waals surface area (Å²) in [4.78, 5) is 38.8. The first-order valence-electron chi connectivity index (χ1n) is 8.19. The summed E-state index contributed by atoms with van der Waals surface area (Å²) < 4.78 is 0. The highest BCUT2D eigenvalue weighted by atomic mass is 35.5. The molecule has 0 aliphatic carbocycles. The number of hydrogen-bond acceptors (Lipinski definition) is 3. The molecule has 0 radical (unpaired) electrons. The third kappa shape index (κ3) is 3.42. The third-order valence-corrected chi connectivity index (χ3v) is 5.18. The van der Waals surface area contributed by atoms with Crippen molar-refractivity contribution in [1.82, 2.24) is 4.90 Å². The Morgan fingerprint density at radius 1 is 1.32 bits per heavy atom. The molecule has 2 heterocycles. The van der Waals surface area contributed by atoms with Crippen LogP contribution in [0.1, 0.15) is 26.2 Å². The summed E-state index contributed by atoms with van der Waals surface area (Å²) in [5.74, 6) is -0.855. The second-order valence-electron chi connectivity index (χ2n) is 6.78. The standard InChI is InChI=1S/C17H20ClN3O4/c1-17(15(23)24)6-8-20(10-17)16(25)19-13-9-11(4-5-12(13)18)21-7-2-3-14(21)22/h4-5,9H,2-3,6-8,10H2,1H3,(H,19,25)(H,23,24). The number of carbonyl (C=O) groups is 3. The van der Waals surface area contributed by atoms with Crippen LogP contribution < -0.4 is 10.2 Å². The third-order valence-electron chi connectivity index (χ3n) is 4.85. The number of halogens is 1. The topological polar surface area (TPSA) is 89.9 Å². The zero-order valence-electron chi connectivity index (χ0n) is 13.9. The maximum absolute atomic E-state index is 12.5. The van der Waals surface area contributed by atoms with E-state index in [9.17, 15) is 19.5 Å². The van der Waals surface area contributed by atoms with Crippen molar-refractivity contribution < 1.29 is 19.5 Å². The Hall–Kier alpha value is -2.28. The monoisotopic (exact) mass is 365 g/mol. The minimum Gasteiger partial charge on any atom is -0.481 e. The molecule has 3 amide bonds. The maximum Gasteiger partial charge on any atom is 0.321 e. The molecule has 0 bridgehead atoms. The number of anilines is 2. The second kappa shape index (κ2) is 6.55. The first kappa shape index (κ1) is 17.5. The van der Waals surface area contributed by atoms with Gasteiger partial charge in [-0.2, -0.15) is 0 Å². The van der Waals surface area contributed by atoms with Crippen LogP contribution in [0, 0.1) is 5.41 Å². The molecule has 2 N–H and O–H groups in total. The van der Waals surface area contributed by atoms with Gasteiger partial charge < -0.3 is 20.2 Å². The first-order chi connectivity index (χ1) is 11.8. The number of carboxylic acids is 1. The number of benzene rings is 1. The van der Waals surface area contributed by atoms with Gasteiger partial charge in [-0.3, -0.25) is 9.59 Å². The van der Waals surface area contributed by atoms with Crippen molar-refractivity contribution in [3.05, 3.63) is 23.2 Å². The molecule has 1 atom stereocenters. The van der Waals surface area contributed by atoms with E-state index in [0.717, 1.165) is 6.42 Å². The minimum atomic E-state index is -0.926. The molecule has 3 rings (SSSR count). The normalized spacial score (nSPS) is 23.2. The molecule has 2 aliphatic heterocycles. The number of aliphatic carboxylic acids is 1. The summed E-state index contributed by atoms with van der Waals surface area (Å²) in [5, 5.41) is 12.4. The van der Waals surface area contributed by atoms with E-state index in [1.807, 2.05) is 0 Å². The molecular weight excluding hydrogens is 346 g/mol. The lowest BCUT2D eigenvalue weighted by molar-refractivity contribution is -0.147. The van der Waals surface area contributed by atoms with Crippen LogP contribution in [-0.4, -0.2) is 47.5 Å². The summed E-state index contributed by atoms with van der Waals surface area (Å²) >= 11 is 6.17. The molecule has 25 heavy (non-hydrogen) atoms. The molecule has 8 heteroatoms. The zero-order chi connectivity index (χ0) is 18.2. The molecule has 134 valence electrons. The summed E-state index contributed by atoms with van der Waals surface area (Å²) in [6.07, 6.45) is 1.74. The largest absolute Gasteiger partial charge is 0.481 e. The molecule has 1 unspecified atom stereocenters. The minimum absolute atomic E-state index is 0.0522. The Morgan fingerprint density at radius 3 is 2.68 bits per heavy atom. The number of hydrogen-bond donors (Lipinski definition) is 2. The quantitative estimate of drug-likeness (QED) is 0.861. The molecular formula is C17H20ClN3O4. The molecule has 0 spiro atoms. The van der Waals surface area contributed by atoms with E-state index >= 15 is 0 Å². The van der Waals surface area contributed by atoms with Crippen molar-refractivity contribution in [2.75, 3.05) is 29.9 Å². The summed E-state index contributed by atoms with van der Waals surface area (Å²) in [7, 11) is 0. The Kier molecular flexibility index (Phi) is 4.60. The van der Waals surface area contributed by atoms with Gasteiger partial charge in [0.1, 0.15) is 0 Å². The molecule has 0 aromatic heterocycles. The summed E-state index contributed by atoms with van der Waals surface area (Å²) in [6.45, 7) is 2.80. The molecule has 2 saturated heterocycles. The Labute approximate surface area is 150 Å². The van der Waals surface area contributed by atoms with Crippen LogP contribution in [0.5, 0.6) is 0 Å². The van der Waals surface area contributed by atoms with Crippen LogP contribution in [0.25, 0.3) is 0 Å². The fourth-order valence-electron chi connectivity index (χ4n) is 3.20. The summed E-state index contributed by atoms with van der Waals surface area (Å²) in [5.41, 5.74) is 0.178. The highest BCUT2D eigenvalue weighted by Crippen LogP contribution is 2.33. The van der Waals surface area contributed by atoms with Gasteiger partial charge in [-0.05, 0) is 38.0 Å². The highest BCUT2D eigenvalue weighted by Gasteiger charge is 2.42. The van der Waals surface area contributed by atoms with Crippen molar-refractivity contribution in [1.29, 1.82) is 0 Å². The second-order valence-corrected chi connectivity index (χ2v) is 7.19. The van der Waals surface area contributed by atoms with Crippen LogP contribution in [0.2, 0.25) is 5.02 Å². The van der Waals surface area contributed by atoms with Crippen LogP contribution in [0.4, 0.5) is 16.2 Å². The van der Waals surface area contributed by atoms with Crippen molar-refractivity contribution >= 4 is 40.9 Å². The SMILES string of the molecule is CC1(C(=O)O)CCN(C(=O)Nc2cc(N3CCCC3=O)ccc2Cl)C1. The number of rotatable bonds is 3. The fraction of sp³-hybridized carbons (Fsp3) is 0.471. The summed E-state index contributed by atoms with van der Waals surface area (Å²) in [6, 6.07) is 4.68. The van der Waals surface area contributed by atoms with E-state index in [1.165, 1.54) is 4.90 Å². The zero-order valence-corrected chi connectivity index (χ0v) is 14.7. The average Bonchev–Trinajstić information content (AvgIpc) is 3.16. The van der Waals surface area contributed by atoms with Crippen molar-refractivity contribution in [2.45, 2.75) is 26.2 Å². The Balaban J connectivity index is 1.73. The molecule has 1 aromatic rings. The van der Waals surface area contributed by atoms with Gasteiger partial charge in [-0.1, -0.05) is 11.6 Å². The fourth-order valence-corrected chi connectivity index (χ4v) is 3.37. The number of carbonyl (C=O) groups excluding carboxylic acids is 2. The van der Waals surface area contributed by atoms with E-state index in [1.54, 1.807) is 30.0 Å². The van der Waals surface area contributed by atoms with E-state index in [-0.39, 0.29) is 12.5 Å². The van der Waals surface area contributed by atoms with Gasteiger partial charge in [0.25, 0.3) is 0 Å². The van der Waals surface area contributed by atoms with E-state index in [4.69, 9.17) is 11.6 Å². The molecule has 2 fully saturated rings. The van der Waals surface area contributed by atoms with Gasteiger partial charge in [0, 0.05) is 31.7 Å². The average molecular weight is 366 g/mol. The Bertz CT molecular complexity index is 739. The lowest BCUT2D eigenvalue weighted by atomic mass is 9.90. The van der Waals surface area contributed by atoms with Crippen LogP contribution in [-0.2, 0) is 9.59 Å². The van der Waals surface area contributed by atoms with Crippen LogP contribution in [0.15, 0.2) is 18.2 Å².